The molecule has 0 unspecified atom stereocenters. The Labute approximate surface area is 242 Å². The molecule has 0 spiro atoms. The molecule has 2 heterocycles. The van der Waals surface area contributed by atoms with E-state index in [1.807, 2.05) is 12.1 Å². The second-order valence-electron chi connectivity index (χ2n) is 10.9. The number of hydrogen-bond acceptors (Lipinski definition) is 2. The zero-order valence-corrected chi connectivity index (χ0v) is 22.7. The predicted molar refractivity (Wildman–Crippen MR) is 175 cm³/mol. The average Bonchev–Trinajstić information content (AvgIpc) is 3.68. The molecule has 0 aliphatic heterocycles. The van der Waals surface area contributed by atoms with Crippen LogP contribution in [0.1, 0.15) is 0 Å². The highest BCUT2D eigenvalue weighted by Gasteiger charge is 2.17. The van der Waals surface area contributed by atoms with Crippen LogP contribution in [0.15, 0.2) is 155 Å². The third-order valence-electron chi connectivity index (χ3n) is 8.57. The van der Waals surface area contributed by atoms with Crippen molar-refractivity contribution in [3.63, 3.8) is 0 Å². The van der Waals surface area contributed by atoms with Gasteiger partial charge in [-0.1, -0.05) is 109 Å². The molecule has 2 heteroatoms. The molecule has 0 fully saturated rings. The maximum Gasteiger partial charge on any atom is 0.146 e. The zero-order valence-electron chi connectivity index (χ0n) is 22.7. The third-order valence-corrected chi connectivity index (χ3v) is 8.57. The van der Waals surface area contributed by atoms with Gasteiger partial charge in [-0.05, 0) is 85.3 Å². The van der Waals surface area contributed by atoms with Gasteiger partial charge in [0.1, 0.15) is 16.7 Å². The molecule has 196 valence electrons. The highest BCUT2D eigenvalue weighted by Crippen LogP contribution is 2.44. The van der Waals surface area contributed by atoms with Gasteiger partial charge in [0.25, 0.3) is 0 Å². The summed E-state index contributed by atoms with van der Waals surface area (Å²) in [5.74, 6) is 0. The molecule has 0 radical (unpaired) electrons. The van der Waals surface area contributed by atoms with E-state index >= 15 is 0 Å². The van der Waals surface area contributed by atoms with Crippen LogP contribution in [-0.4, -0.2) is 0 Å². The van der Waals surface area contributed by atoms with E-state index in [4.69, 9.17) is 8.83 Å². The molecule has 0 aliphatic carbocycles. The van der Waals surface area contributed by atoms with Crippen LogP contribution in [0.2, 0.25) is 0 Å². The highest BCUT2D eigenvalue weighted by molar-refractivity contribution is 6.21. The lowest BCUT2D eigenvalue weighted by molar-refractivity contribution is 0.615. The van der Waals surface area contributed by atoms with Crippen molar-refractivity contribution in [1.82, 2.24) is 0 Å². The monoisotopic (exact) mass is 536 g/mol. The summed E-state index contributed by atoms with van der Waals surface area (Å²) in [6.45, 7) is 0. The van der Waals surface area contributed by atoms with E-state index in [9.17, 15) is 0 Å². The van der Waals surface area contributed by atoms with Crippen LogP contribution in [0.4, 0.5) is 0 Å². The summed E-state index contributed by atoms with van der Waals surface area (Å²) in [5, 5.41) is 8.29. The topological polar surface area (TPSA) is 26.3 Å². The Morgan fingerprint density at radius 3 is 1.55 bits per heavy atom. The Morgan fingerprint density at radius 2 is 0.881 bits per heavy atom. The van der Waals surface area contributed by atoms with Gasteiger partial charge >= 0.3 is 0 Å². The molecule has 0 amide bonds. The van der Waals surface area contributed by atoms with Crippen molar-refractivity contribution in [2.45, 2.75) is 0 Å². The molecule has 2 nitrogen and oxygen atoms in total. The van der Waals surface area contributed by atoms with Crippen LogP contribution in [0.25, 0.3) is 87.8 Å². The van der Waals surface area contributed by atoms with E-state index in [0.29, 0.717) is 0 Å². The molecule has 0 saturated carbocycles. The Balaban J connectivity index is 1.21. The molecule has 0 aliphatic rings. The Morgan fingerprint density at radius 1 is 0.333 bits per heavy atom. The summed E-state index contributed by atoms with van der Waals surface area (Å²) in [4.78, 5) is 0. The Hall–Kier alpha value is -5.60. The van der Waals surface area contributed by atoms with E-state index in [1.165, 1.54) is 49.4 Å². The minimum atomic E-state index is 0.842. The molecule has 0 N–H and O–H groups in total. The molecule has 9 rings (SSSR count). The van der Waals surface area contributed by atoms with E-state index in [2.05, 4.69) is 127 Å². The van der Waals surface area contributed by atoms with Crippen molar-refractivity contribution < 1.29 is 8.83 Å². The van der Waals surface area contributed by atoms with Crippen molar-refractivity contribution >= 4 is 54.5 Å². The number of furan rings is 2. The van der Waals surface area contributed by atoms with E-state index in [1.54, 1.807) is 6.26 Å². The first-order valence-electron chi connectivity index (χ1n) is 14.3. The lowest BCUT2D eigenvalue weighted by Crippen LogP contribution is -1.90. The average molecular weight is 537 g/mol. The number of rotatable bonds is 3. The van der Waals surface area contributed by atoms with Crippen molar-refractivity contribution in [3.8, 4) is 33.4 Å². The van der Waals surface area contributed by atoms with E-state index in [0.717, 1.165) is 38.5 Å². The summed E-state index contributed by atoms with van der Waals surface area (Å²) in [6.07, 6.45) is 1.71. The predicted octanol–water partition coefficient (Wildman–Crippen LogP) is 11.6. The molecular formula is C40H24O2. The first kappa shape index (κ1) is 23.1. The molecule has 0 atom stereocenters. The number of hydrogen-bond donors (Lipinski definition) is 0. The van der Waals surface area contributed by atoms with Crippen molar-refractivity contribution in [2.75, 3.05) is 0 Å². The zero-order chi connectivity index (χ0) is 27.6. The van der Waals surface area contributed by atoms with E-state index in [-0.39, 0.29) is 0 Å². The fourth-order valence-electron chi connectivity index (χ4n) is 6.64. The molecular weight excluding hydrogens is 512 g/mol. The Bertz CT molecular complexity index is 2380. The van der Waals surface area contributed by atoms with Crippen molar-refractivity contribution in [2.24, 2.45) is 0 Å². The molecule has 0 saturated heterocycles. The SMILES string of the molecule is c1ccc(-c2c3ccccc3c(-c3ccc(-c4ccc5oc6c7ccoc7ccc6c5c4)cc3)c3ccccc23)cc1. The summed E-state index contributed by atoms with van der Waals surface area (Å²) in [6, 6.07) is 49.9. The van der Waals surface area contributed by atoms with Gasteiger partial charge < -0.3 is 8.83 Å². The van der Waals surface area contributed by atoms with Gasteiger partial charge in [0.15, 0.2) is 0 Å². The van der Waals surface area contributed by atoms with Gasteiger partial charge in [-0.25, -0.2) is 0 Å². The standard InChI is InChI=1S/C40H24O2/c1-2-8-26(9-3-1)38-29-10-4-6-12-31(29)39(32-13-7-5-11-30(32)38)27-16-14-25(15-17-27)28-18-20-37-35(24-28)33-19-21-36-34(22-23-41-36)40(33)42-37/h1-24H. The van der Waals surface area contributed by atoms with Gasteiger partial charge in [-0.15, -0.1) is 0 Å². The molecule has 42 heavy (non-hydrogen) atoms. The second kappa shape index (κ2) is 8.95. The third kappa shape index (κ3) is 3.39. The van der Waals surface area contributed by atoms with Gasteiger partial charge in [-0.2, -0.15) is 0 Å². The fraction of sp³-hybridized carbons (Fsp3) is 0. The molecule has 2 aromatic heterocycles. The number of benzene rings is 7. The van der Waals surface area contributed by atoms with Crippen LogP contribution >= 0.6 is 0 Å². The van der Waals surface area contributed by atoms with Crippen LogP contribution in [0.5, 0.6) is 0 Å². The lowest BCUT2D eigenvalue weighted by Gasteiger charge is -2.18. The van der Waals surface area contributed by atoms with Crippen molar-refractivity contribution in [3.05, 3.63) is 146 Å². The smallest absolute Gasteiger partial charge is 0.146 e. The normalized spacial score (nSPS) is 11.8. The summed E-state index contributed by atoms with van der Waals surface area (Å²) in [7, 11) is 0. The fourth-order valence-corrected chi connectivity index (χ4v) is 6.64. The largest absolute Gasteiger partial charge is 0.464 e. The lowest BCUT2D eigenvalue weighted by atomic mass is 9.86. The van der Waals surface area contributed by atoms with Gasteiger partial charge in [0.05, 0.1) is 11.6 Å². The first-order chi connectivity index (χ1) is 20.8. The van der Waals surface area contributed by atoms with E-state index < -0.39 is 0 Å². The molecule has 9 aromatic rings. The molecule has 0 bridgehead atoms. The van der Waals surface area contributed by atoms with Gasteiger partial charge in [0, 0.05) is 10.8 Å². The minimum Gasteiger partial charge on any atom is -0.464 e. The summed E-state index contributed by atoms with van der Waals surface area (Å²) >= 11 is 0. The summed E-state index contributed by atoms with van der Waals surface area (Å²) < 4.78 is 11.8. The quantitative estimate of drug-likeness (QED) is 0.210. The highest BCUT2D eigenvalue weighted by atomic mass is 16.3. The maximum atomic E-state index is 6.26. The second-order valence-corrected chi connectivity index (χ2v) is 10.9. The van der Waals surface area contributed by atoms with Crippen LogP contribution in [-0.2, 0) is 0 Å². The van der Waals surface area contributed by atoms with Gasteiger partial charge in [0.2, 0.25) is 0 Å². The minimum absolute atomic E-state index is 0.842. The van der Waals surface area contributed by atoms with Crippen molar-refractivity contribution in [1.29, 1.82) is 0 Å². The van der Waals surface area contributed by atoms with Crippen LogP contribution in [0, 0.1) is 0 Å². The number of fused-ring (bicyclic) bond motifs is 7. The van der Waals surface area contributed by atoms with Crippen LogP contribution in [0.3, 0.4) is 0 Å². The summed E-state index contributed by atoms with van der Waals surface area (Å²) in [5.41, 5.74) is 9.95. The maximum absolute atomic E-state index is 6.26. The van der Waals surface area contributed by atoms with Gasteiger partial charge in [-0.3, -0.25) is 0 Å². The first-order valence-corrected chi connectivity index (χ1v) is 14.3. The Kier molecular flexibility index (Phi) is 4.93. The molecule has 7 aromatic carbocycles. The van der Waals surface area contributed by atoms with Crippen LogP contribution < -0.4 is 0 Å².